The molecule has 0 spiro atoms. The van der Waals surface area contributed by atoms with Crippen LogP contribution in [0.25, 0.3) is 16.9 Å². The molecular formula is C33H34N2O9. The van der Waals surface area contributed by atoms with Gasteiger partial charge in [0.05, 0.1) is 18.6 Å². The number of rotatable bonds is 5. The Labute approximate surface area is 253 Å². The van der Waals surface area contributed by atoms with Crippen molar-refractivity contribution in [3.8, 4) is 16.9 Å². The van der Waals surface area contributed by atoms with Gasteiger partial charge in [-0.05, 0) is 73.0 Å². The number of carbonyl (C=O) groups excluding carboxylic acids is 4. The van der Waals surface area contributed by atoms with Gasteiger partial charge in [-0.25, -0.2) is 0 Å². The fourth-order valence-electron chi connectivity index (χ4n) is 7.43. The van der Waals surface area contributed by atoms with Crippen molar-refractivity contribution in [2.45, 2.75) is 44.2 Å². The molecule has 6 N–H and O–H groups in total. The summed E-state index contributed by atoms with van der Waals surface area (Å²) in [5.74, 6) is -6.73. The second-order valence-corrected chi connectivity index (χ2v) is 12.2. The van der Waals surface area contributed by atoms with Crippen LogP contribution >= 0.6 is 0 Å². The molecule has 11 heteroatoms. The Hall–Kier alpha value is -4.48. The van der Waals surface area contributed by atoms with Gasteiger partial charge in [-0.1, -0.05) is 30.3 Å². The predicted molar refractivity (Wildman–Crippen MR) is 157 cm³/mol. The molecule has 1 aliphatic heterocycles. The van der Waals surface area contributed by atoms with Crippen molar-refractivity contribution in [1.29, 1.82) is 0 Å². The van der Waals surface area contributed by atoms with E-state index in [0.717, 1.165) is 49.2 Å². The molecule has 0 aromatic heterocycles. The van der Waals surface area contributed by atoms with Crippen molar-refractivity contribution >= 4 is 29.2 Å². The maximum Gasteiger partial charge on any atom is 0.308 e. The van der Waals surface area contributed by atoms with Gasteiger partial charge in [0.2, 0.25) is 5.78 Å². The number of ether oxygens (including phenoxy) is 1. The van der Waals surface area contributed by atoms with Crippen molar-refractivity contribution in [3.63, 3.8) is 0 Å². The number of carbonyl (C=O) groups is 4. The summed E-state index contributed by atoms with van der Waals surface area (Å²) in [6.45, 7) is 2.31. The van der Waals surface area contributed by atoms with E-state index in [9.17, 15) is 39.6 Å². The number of fused-ring (bicyclic) bond motifs is 3. The molecule has 3 atom stereocenters. The monoisotopic (exact) mass is 602 g/mol. The number of Topliss-reactive ketones (excluding diaryl/α,β-unsaturated/α-hetero) is 2. The summed E-state index contributed by atoms with van der Waals surface area (Å²) in [6, 6.07) is 11.1. The van der Waals surface area contributed by atoms with Crippen LogP contribution in [0.5, 0.6) is 5.75 Å². The number of nitrogens with zero attached hydrogens (tertiary/aromatic N) is 1. The van der Waals surface area contributed by atoms with Crippen LogP contribution in [0.15, 0.2) is 53.3 Å². The SMILES string of the molecule is COC(=O)C1CCN(Cc2ccc(-c3ccc(O)c4c3C[C@H]3C[C@H]5CC(=O)C(C(N)=O)=C(O)[C@@]5(O)C(=O)C3=C4O)cc2)CC1. The van der Waals surface area contributed by atoms with Gasteiger partial charge in [0.1, 0.15) is 22.8 Å². The lowest BCUT2D eigenvalue weighted by atomic mass is 9.59. The zero-order valence-corrected chi connectivity index (χ0v) is 24.2. The summed E-state index contributed by atoms with van der Waals surface area (Å²) in [7, 11) is 1.41. The Morgan fingerprint density at radius 3 is 2.34 bits per heavy atom. The van der Waals surface area contributed by atoms with E-state index in [0.29, 0.717) is 5.56 Å². The second-order valence-electron chi connectivity index (χ2n) is 12.2. The minimum absolute atomic E-state index is 0.0622. The second kappa shape index (κ2) is 10.9. The molecule has 6 rings (SSSR count). The van der Waals surface area contributed by atoms with Crippen LogP contribution in [0.3, 0.4) is 0 Å². The highest BCUT2D eigenvalue weighted by Crippen LogP contribution is 2.53. The minimum atomic E-state index is -2.59. The lowest BCUT2D eigenvalue weighted by Crippen LogP contribution is -2.58. The van der Waals surface area contributed by atoms with Gasteiger partial charge in [-0.15, -0.1) is 0 Å². The topological polar surface area (TPSA) is 188 Å². The van der Waals surface area contributed by atoms with Crippen molar-refractivity contribution in [3.05, 3.63) is 70.0 Å². The Morgan fingerprint density at radius 1 is 1.02 bits per heavy atom. The van der Waals surface area contributed by atoms with Crippen LogP contribution in [0.4, 0.5) is 0 Å². The highest BCUT2D eigenvalue weighted by atomic mass is 16.5. The quantitative estimate of drug-likeness (QED) is 0.251. The largest absolute Gasteiger partial charge is 0.508 e. The third-order valence-electron chi connectivity index (χ3n) is 9.74. The first-order valence-corrected chi connectivity index (χ1v) is 14.7. The maximum atomic E-state index is 13.7. The van der Waals surface area contributed by atoms with Crippen LogP contribution in [-0.4, -0.2) is 74.6 Å². The van der Waals surface area contributed by atoms with E-state index in [-0.39, 0.29) is 48.0 Å². The molecule has 0 unspecified atom stereocenters. The molecule has 11 nitrogen and oxygen atoms in total. The fourth-order valence-corrected chi connectivity index (χ4v) is 7.43. The molecule has 4 aliphatic rings. The number of piperidine rings is 1. The molecule has 1 saturated heterocycles. The van der Waals surface area contributed by atoms with E-state index in [4.69, 9.17) is 10.5 Å². The number of hydrogen-bond acceptors (Lipinski definition) is 10. The molecule has 1 heterocycles. The van der Waals surface area contributed by atoms with E-state index < -0.39 is 52.0 Å². The van der Waals surface area contributed by atoms with E-state index in [1.54, 1.807) is 6.07 Å². The third-order valence-corrected chi connectivity index (χ3v) is 9.74. The third kappa shape index (κ3) is 4.58. The van der Waals surface area contributed by atoms with E-state index in [2.05, 4.69) is 4.90 Å². The van der Waals surface area contributed by atoms with Crippen molar-refractivity contribution in [1.82, 2.24) is 4.90 Å². The standard InChI is InChI=1S/C33H34N2O9/c1-44-32(42)18-8-10-35(11-9-18)15-16-2-4-17(5-3-16)21-6-7-23(36)26-22(21)13-19-12-20-14-24(37)27(31(34)41)30(40)33(20,43)29(39)25(19)28(26)38/h2-7,18-20,36,38,40,43H,8-15H2,1H3,(H2,34,41)/t19-,20+,33+/m1/s1. The molecule has 2 aromatic carbocycles. The molecular weight excluding hydrogens is 568 g/mol. The number of phenols is 1. The minimum Gasteiger partial charge on any atom is -0.508 e. The van der Waals surface area contributed by atoms with Crippen molar-refractivity contribution in [2.75, 3.05) is 20.2 Å². The number of nitrogens with two attached hydrogens (primary N) is 1. The Bertz CT molecular complexity index is 1650. The van der Waals surface area contributed by atoms with E-state index in [1.165, 1.54) is 13.2 Å². The van der Waals surface area contributed by atoms with Crippen LogP contribution in [0, 0.1) is 17.8 Å². The summed E-state index contributed by atoms with van der Waals surface area (Å²) < 4.78 is 4.87. The van der Waals surface area contributed by atoms with Gasteiger partial charge >= 0.3 is 5.97 Å². The molecule has 1 saturated carbocycles. The van der Waals surface area contributed by atoms with Gasteiger partial charge in [0.25, 0.3) is 5.91 Å². The Kier molecular flexibility index (Phi) is 7.33. The number of ketones is 2. The van der Waals surface area contributed by atoms with Crippen molar-refractivity contribution < 1.29 is 44.3 Å². The number of aromatic hydroxyl groups is 1. The molecule has 44 heavy (non-hydrogen) atoms. The zero-order valence-electron chi connectivity index (χ0n) is 24.2. The first-order chi connectivity index (χ1) is 20.9. The van der Waals surface area contributed by atoms with Gasteiger partial charge < -0.3 is 30.9 Å². The van der Waals surface area contributed by atoms with Crippen LogP contribution in [-0.2, 0) is 36.9 Å². The smallest absolute Gasteiger partial charge is 0.308 e. The van der Waals surface area contributed by atoms with Crippen LogP contribution in [0.2, 0.25) is 0 Å². The lowest BCUT2D eigenvalue weighted by molar-refractivity contribution is -0.148. The van der Waals surface area contributed by atoms with Gasteiger partial charge in [0.15, 0.2) is 11.4 Å². The lowest BCUT2D eigenvalue weighted by Gasteiger charge is -2.46. The average Bonchev–Trinajstić information content (AvgIpc) is 2.99. The summed E-state index contributed by atoms with van der Waals surface area (Å²) >= 11 is 0. The van der Waals surface area contributed by atoms with Crippen LogP contribution < -0.4 is 5.73 Å². The molecule has 0 radical (unpaired) electrons. The number of primary amides is 1. The first-order valence-electron chi connectivity index (χ1n) is 14.7. The summed E-state index contributed by atoms with van der Waals surface area (Å²) in [5.41, 5.74) is 5.04. The van der Waals surface area contributed by atoms with Gasteiger partial charge in [-0.3, -0.25) is 24.1 Å². The predicted octanol–water partition coefficient (Wildman–Crippen LogP) is 2.48. The van der Waals surface area contributed by atoms with E-state index in [1.807, 2.05) is 24.3 Å². The molecule has 230 valence electrons. The number of hydrogen-bond donors (Lipinski definition) is 5. The summed E-state index contributed by atoms with van der Waals surface area (Å²) in [6.07, 6.45) is 1.44. The zero-order chi connectivity index (χ0) is 31.5. The number of benzene rings is 2. The molecule has 3 aliphatic carbocycles. The van der Waals surface area contributed by atoms with Crippen molar-refractivity contribution in [2.24, 2.45) is 23.5 Å². The highest BCUT2D eigenvalue weighted by molar-refractivity contribution is 6.22. The van der Waals surface area contributed by atoms with E-state index >= 15 is 0 Å². The molecule has 2 fully saturated rings. The number of aliphatic hydroxyl groups excluding tert-OH is 2. The Balaban J connectivity index is 1.30. The maximum absolute atomic E-state index is 13.7. The normalized spacial score (nSPS) is 25.8. The average molecular weight is 603 g/mol. The highest BCUT2D eigenvalue weighted by Gasteiger charge is 2.60. The number of likely N-dealkylation sites (tertiary alicyclic amines) is 1. The number of esters is 1. The number of amides is 1. The summed E-state index contributed by atoms with van der Waals surface area (Å²) in [4.78, 5) is 52.3. The van der Waals surface area contributed by atoms with Gasteiger partial charge in [0, 0.05) is 24.5 Å². The number of phenolic OH excluding ortho intramolecular Hbond substituents is 1. The molecule has 0 bridgehead atoms. The first kappa shape index (κ1) is 29.6. The van der Waals surface area contributed by atoms with Gasteiger partial charge in [-0.2, -0.15) is 0 Å². The number of aliphatic hydroxyl groups is 3. The molecule has 2 aromatic rings. The van der Waals surface area contributed by atoms with Crippen LogP contribution in [0.1, 0.15) is 42.4 Å². The summed E-state index contributed by atoms with van der Waals surface area (Å²) in [5, 5.41) is 44.3. The fraction of sp³-hybridized carbons (Fsp3) is 0.394. The molecule has 1 amide bonds. The number of methoxy groups -OCH3 is 1. The Morgan fingerprint density at radius 2 is 1.70 bits per heavy atom.